The number of benzene rings is 1. The second kappa shape index (κ2) is 8.13. The molecule has 0 radical (unpaired) electrons. The highest BCUT2D eigenvalue weighted by molar-refractivity contribution is 7.99. The Morgan fingerprint density at radius 2 is 2.35 bits per heavy atom. The molecule has 1 fully saturated rings. The zero-order valence-electron chi connectivity index (χ0n) is 12.2. The monoisotopic (exact) mass is 314 g/mol. The minimum atomic E-state index is 0.638. The molecule has 0 aliphatic carbocycles. The van der Waals surface area contributed by atoms with E-state index in [0.29, 0.717) is 6.04 Å². The first-order chi connectivity index (χ1) is 9.72. The summed E-state index contributed by atoms with van der Waals surface area (Å²) in [5.41, 5.74) is 2.54. The second-order valence-corrected chi connectivity index (χ2v) is 6.66. The van der Waals surface area contributed by atoms with Crippen LogP contribution in [0, 0.1) is 0 Å². The summed E-state index contributed by atoms with van der Waals surface area (Å²) < 4.78 is 5.06. The van der Waals surface area contributed by atoms with Crippen LogP contribution in [0.25, 0.3) is 0 Å². The summed E-state index contributed by atoms with van der Waals surface area (Å²) in [7, 11) is 3.91. The molecule has 0 saturated carbocycles. The van der Waals surface area contributed by atoms with Crippen molar-refractivity contribution in [2.75, 3.05) is 43.7 Å². The third-order valence-corrected chi connectivity index (χ3v) is 5.05. The summed E-state index contributed by atoms with van der Waals surface area (Å²) in [4.78, 5) is 2.41. The molecular formula is C15H23ClN2OS. The molecule has 0 amide bonds. The van der Waals surface area contributed by atoms with Crippen LogP contribution in [0.3, 0.4) is 0 Å². The number of methoxy groups -OCH3 is 1. The van der Waals surface area contributed by atoms with Crippen LogP contribution < -0.4 is 10.2 Å². The van der Waals surface area contributed by atoms with E-state index in [-0.39, 0.29) is 0 Å². The minimum absolute atomic E-state index is 0.638. The van der Waals surface area contributed by atoms with Crippen LogP contribution in [-0.4, -0.2) is 44.9 Å². The van der Waals surface area contributed by atoms with Crippen molar-refractivity contribution >= 4 is 29.1 Å². The summed E-state index contributed by atoms with van der Waals surface area (Å²) in [6.07, 6.45) is 1.26. The highest BCUT2D eigenvalue weighted by atomic mass is 35.5. The maximum atomic E-state index is 6.15. The summed E-state index contributed by atoms with van der Waals surface area (Å²) in [6, 6.07) is 6.82. The van der Waals surface area contributed by atoms with E-state index in [1.165, 1.54) is 29.2 Å². The van der Waals surface area contributed by atoms with Gasteiger partial charge in [0.15, 0.2) is 0 Å². The molecule has 1 aromatic rings. The lowest BCUT2D eigenvalue weighted by Crippen LogP contribution is -2.32. The van der Waals surface area contributed by atoms with Gasteiger partial charge in [-0.2, -0.15) is 11.8 Å². The number of nitrogens with one attached hydrogen (secondary N) is 1. The van der Waals surface area contributed by atoms with Crippen molar-refractivity contribution in [2.24, 2.45) is 0 Å². The molecule has 1 atom stereocenters. The van der Waals surface area contributed by atoms with Gasteiger partial charge < -0.3 is 15.0 Å². The SMILES string of the molecule is COCCNCc1cc(Cl)ccc1N(C)C1CCSC1. The summed E-state index contributed by atoms with van der Waals surface area (Å²) in [5, 5.41) is 4.20. The molecule has 112 valence electrons. The van der Waals surface area contributed by atoms with Gasteiger partial charge in [-0.05, 0) is 35.9 Å². The summed E-state index contributed by atoms with van der Waals surface area (Å²) >= 11 is 8.18. The van der Waals surface area contributed by atoms with Crippen molar-refractivity contribution in [1.82, 2.24) is 5.32 Å². The van der Waals surface area contributed by atoms with Crippen LogP contribution in [0.5, 0.6) is 0 Å². The van der Waals surface area contributed by atoms with Crippen molar-refractivity contribution in [3.05, 3.63) is 28.8 Å². The normalized spacial score (nSPS) is 18.4. The molecule has 3 nitrogen and oxygen atoms in total. The predicted octanol–water partition coefficient (Wildman–Crippen LogP) is 3.02. The topological polar surface area (TPSA) is 24.5 Å². The Morgan fingerprint density at radius 3 is 3.05 bits per heavy atom. The summed E-state index contributed by atoms with van der Waals surface area (Å²) in [5.74, 6) is 2.49. The third kappa shape index (κ3) is 4.29. The van der Waals surface area contributed by atoms with Gasteiger partial charge in [0.05, 0.1) is 6.61 Å². The molecule has 1 aromatic carbocycles. The minimum Gasteiger partial charge on any atom is -0.383 e. The zero-order chi connectivity index (χ0) is 14.4. The number of nitrogens with zero attached hydrogens (tertiary/aromatic N) is 1. The Bertz CT molecular complexity index is 424. The molecule has 1 heterocycles. The predicted molar refractivity (Wildman–Crippen MR) is 89.2 cm³/mol. The van der Waals surface area contributed by atoms with Crippen molar-refractivity contribution in [1.29, 1.82) is 0 Å². The van der Waals surface area contributed by atoms with Crippen molar-refractivity contribution in [3.63, 3.8) is 0 Å². The Hall–Kier alpha value is -0.420. The van der Waals surface area contributed by atoms with E-state index in [4.69, 9.17) is 16.3 Å². The molecule has 1 aliphatic heterocycles. The van der Waals surface area contributed by atoms with E-state index in [0.717, 1.165) is 24.7 Å². The molecule has 0 bridgehead atoms. The number of halogens is 1. The third-order valence-electron chi connectivity index (χ3n) is 3.67. The Kier molecular flexibility index (Phi) is 6.49. The fourth-order valence-electron chi connectivity index (χ4n) is 2.46. The number of thioether (sulfide) groups is 1. The molecule has 1 saturated heterocycles. The molecule has 20 heavy (non-hydrogen) atoms. The van der Waals surface area contributed by atoms with E-state index in [9.17, 15) is 0 Å². The fraction of sp³-hybridized carbons (Fsp3) is 0.600. The van der Waals surface area contributed by atoms with Gasteiger partial charge in [-0.1, -0.05) is 11.6 Å². The first-order valence-electron chi connectivity index (χ1n) is 7.01. The molecule has 0 spiro atoms. The average Bonchev–Trinajstić information content (AvgIpc) is 2.97. The second-order valence-electron chi connectivity index (χ2n) is 5.07. The molecule has 0 aromatic heterocycles. The fourth-order valence-corrected chi connectivity index (χ4v) is 3.92. The van der Waals surface area contributed by atoms with Crippen LogP contribution in [0.1, 0.15) is 12.0 Å². The lowest BCUT2D eigenvalue weighted by molar-refractivity contribution is 0.199. The van der Waals surface area contributed by atoms with Crippen LogP contribution in [-0.2, 0) is 11.3 Å². The highest BCUT2D eigenvalue weighted by Crippen LogP contribution is 2.29. The van der Waals surface area contributed by atoms with Crippen molar-refractivity contribution < 1.29 is 4.74 Å². The average molecular weight is 315 g/mol. The smallest absolute Gasteiger partial charge is 0.0587 e. The van der Waals surface area contributed by atoms with Crippen LogP contribution in [0.15, 0.2) is 18.2 Å². The molecular weight excluding hydrogens is 292 g/mol. The number of rotatable bonds is 7. The lowest BCUT2D eigenvalue weighted by Gasteiger charge is -2.28. The number of hydrogen-bond donors (Lipinski definition) is 1. The van der Waals surface area contributed by atoms with E-state index < -0.39 is 0 Å². The largest absolute Gasteiger partial charge is 0.383 e. The van der Waals surface area contributed by atoms with Gasteiger partial charge in [0.1, 0.15) is 0 Å². The first kappa shape index (κ1) is 16.0. The van der Waals surface area contributed by atoms with Gasteiger partial charge in [-0.25, -0.2) is 0 Å². The highest BCUT2D eigenvalue weighted by Gasteiger charge is 2.21. The van der Waals surface area contributed by atoms with Gasteiger partial charge >= 0.3 is 0 Å². The van der Waals surface area contributed by atoms with Crippen molar-refractivity contribution in [2.45, 2.75) is 19.0 Å². The Labute approximate surface area is 131 Å². The molecule has 1 unspecified atom stereocenters. The summed E-state index contributed by atoms with van der Waals surface area (Å²) in [6.45, 7) is 2.40. The van der Waals surface area contributed by atoms with E-state index in [1.807, 2.05) is 17.8 Å². The Balaban J connectivity index is 2.06. The van der Waals surface area contributed by atoms with E-state index in [2.05, 4.69) is 29.4 Å². The zero-order valence-corrected chi connectivity index (χ0v) is 13.8. The standard InChI is InChI=1S/C15H23ClN2OS/c1-18(14-5-8-20-11-14)15-4-3-13(16)9-12(15)10-17-6-7-19-2/h3-4,9,14,17H,5-8,10-11H2,1-2H3. The van der Waals surface area contributed by atoms with Gasteiger partial charge in [0, 0.05) is 49.8 Å². The maximum Gasteiger partial charge on any atom is 0.0587 e. The van der Waals surface area contributed by atoms with Crippen LogP contribution in [0.2, 0.25) is 5.02 Å². The van der Waals surface area contributed by atoms with Gasteiger partial charge in [-0.3, -0.25) is 0 Å². The number of hydrogen-bond acceptors (Lipinski definition) is 4. The maximum absolute atomic E-state index is 6.15. The van der Waals surface area contributed by atoms with E-state index >= 15 is 0 Å². The molecule has 1 aliphatic rings. The quantitative estimate of drug-likeness (QED) is 0.782. The van der Waals surface area contributed by atoms with Gasteiger partial charge in [-0.15, -0.1) is 0 Å². The number of ether oxygens (including phenoxy) is 1. The first-order valence-corrected chi connectivity index (χ1v) is 8.54. The van der Waals surface area contributed by atoms with Crippen LogP contribution >= 0.6 is 23.4 Å². The molecule has 5 heteroatoms. The van der Waals surface area contributed by atoms with E-state index in [1.54, 1.807) is 7.11 Å². The molecule has 1 N–H and O–H groups in total. The lowest BCUT2D eigenvalue weighted by atomic mass is 10.1. The molecule has 2 rings (SSSR count). The Morgan fingerprint density at radius 1 is 1.50 bits per heavy atom. The van der Waals surface area contributed by atoms with Crippen molar-refractivity contribution in [3.8, 4) is 0 Å². The van der Waals surface area contributed by atoms with Crippen LogP contribution in [0.4, 0.5) is 5.69 Å². The number of anilines is 1. The van der Waals surface area contributed by atoms with Gasteiger partial charge in [0.2, 0.25) is 0 Å². The van der Waals surface area contributed by atoms with Gasteiger partial charge in [0.25, 0.3) is 0 Å².